The number of amides is 1. The summed E-state index contributed by atoms with van der Waals surface area (Å²) in [4.78, 5) is 28.2. The topological polar surface area (TPSA) is 118 Å². The van der Waals surface area contributed by atoms with Gasteiger partial charge in [0, 0.05) is 43.9 Å². The Balaban J connectivity index is 1.39. The molecule has 5 rings (SSSR count). The molecule has 11 nitrogen and oxygen atoms in total. The summed E-state index contributed by atoms with van der Waals surface area (Å²) >= 11 is 0. The van der Waals surface area contributed by atoms with E-state index in [1.807, 2.05) is 60.8 Å². The van der Waals surface area contributed by atoms with Gasteiger partial charge in [0.1, 0.15) is 0 Å². The zero-order valence-electron chi connectivity index (χ0n) is 25.7. The van der Waals surface area contributed by atoms with Gasteiger partial charge in [-0.3, -0.25) is 14.2 Å². The number of allylic oxidation sites excluding steroid dienone is 1. The van der Waals surface area contributed by atoms with Crippen LogP contribution in [0.1, 0.15) is 40.7 Å². The molecule has 1 aromatic heterocycles. The molecular formula is C34H42N2O9. The van der Waals surface area contributed by atoms with Crippen LogP contribution in [0.3, 0.4) is 0 Å². The minimum atomic E-state index is -0.721. The highest BCUT2D eigenvalue weighted by atomic mass is 16.7. The largest absolute Gasteiger partial charge is 0.459 e. The number of aromatic nitrogens is 1. The molecule has 0 unspecified atom stereocenters. The maximum Gasteiger partial charge on any atom is 0.288 e. The van der Waals surface area contributed by atoms with E-state index in [4.69, 9.17) is 28.4 Å². The van der Waals surface area contributed by atoms with Gasteiger partial charge < -0.3 is 38.4 Å². The monoisotopic (exact) mass is 622 g/mol. The number of aliphatic hydroxyl groups excluding tert-OH is 1. The Morgan fingerprint density at radius 2 is 1.44 bits per heavy atom. The van der Waals surface area contributed by atoms with Crippen molar-refractivity contribution in [1.29, 1.82) is 0 Å². The third-order valence-corrected chi connectivity index (χ3v) is 7.81. The Labute approximate surface area is 263 Å². The van der Waals surface area contributed by atoms with Gasteiger partial charge in [-0.25, -0.2) is 0 Å². The van der Waals surface area contributed by atoms with E-state index in [1.54, 1.807) is 9.47 Å². The molecule has 0 radical (unpaired) electrons. The van der Waals surface area contributed by atoms with Gasteiger partial charge in [-0.1, -0.05) is 42.5 Å². The van der Waals surface area contributed by atoms with Gasteiger partial charge in [-0.2, -0.15) is 0 Å². The maximum absolute atomic E-state index is 14.0. The van der Waals surface area contributed by atoms with Crippen molar-refractivity contribution < 1.29 is 43.1 Å². The van der Waals surface area contributed by atoms with E-state index in [2.05, 4.69) is 0 Å². The number of para-hydroxylation sites is 1. The lowest BCUT2D eigenvalue weighted by molar-refractivity contribution is -0.156. The van der Waals surface area contributed by atoms with Crippen molar-refractivity contribution in [2.45, 2.75) is 38.8 Å². The quantitative estimate of drug-likeness (QED) is 0.440. The van der Waals surface area contributed by atoms with Crippen LogP contribution < -0.4 is 0 Å². The number of benzene rings is 2. The number of fused-ring (bicyclic) bond motifs is 1. The fourth-order valence-corrected chi connectivity index (χ4v) is 5.40. The zero-order chi connectivity index (χ0) is 31.4. The molecule has 2 aromatic carbocycles. The van der Waals surface area contributed by atoms with E-state index in [9.17, 15) is 14.7 Å². The molecule has 1 saturated heterocycles. The lowest BCUT2D eigenvalue weighted by Crippen LogP contribution is -2.40. The van der Waals surface area contributed by atoms with Crippen LogP contribution in [0.2, 0.25) is 0 Å². The van der Waals surface area contributed by atoms with E-state index >= 15 is 0 Å². The SMILES string of the molecule is CC(=O)n1cc([C@H]2C=C(C(=O)N3CCOCCOCCOCCOCC3)O[C@@H](OCc3ccc(CO)cc3)C2)c2ccccc21. The average molecular weight is 623 g/mol. The lowest BCUT2D eigenvalue weighted by Gasteiger charge is -2.31. The van der Waals surface area contributed by atoms with Gasteiger partial charge >= 0.3 is 0 Å². The van der Waals surface area contributed by atoms with Gasteiger partial charge in [0.25, 0.3) is 5.91 Å². The Morgan fingerprint density at radius 3 is 2.07 bits per heavy atom. The summed E-state index contributed by atoms with van der Waals surface area (Å²) in [5.41, 5.74) is 3.45. The summed E-state index contributed by atoms with van der Waals surface area (Å²) in [7, 11) is 0. The van der Waals surface area contributed by atoms with Crippen LogP contribution in [-0.4, -0.2) is 98.6 Å². The normalized spacial score (nSPS) is 20.9. The second-order valence-corrected chi connectivity index (χ2v) is 10.9. The Hall–Kier alpha value is -3.58. The molecule has 11 heteroatoms. The fourth-order valence-electron chi connectivity index (χ4n) is 5.40. The minimum Gasteiger partial charge on any atom is -0.459 e. The van der Waals surface area contributed by atoms with Crippen molar-refractivity contribution in [1.82, 2.24) is 9.47 Å². The molecule has 3 heterocycles. The third-order valence-electron chi connectivity index (χ3n) is 7.81. The maximum atomic E-state index is 14.0. The van der Waals surface area contributed by atoms with Gasteiger partial charge in [-0.15, -0.1) is 0 Å². The first-order valence-corrected chi connectivity index (χ1v) is 15.4. The molecule has 242 valence electrons. The first-order valence-electron chi connectivity index (χ1n) is 15.4. The number of carbonyl (C=O) groups is 2. The van der Waals surface area contributed by atoms with Gasteiger partial charge in [-0.05, 0) is 28.8 Å². The number of hydrogen-bond acceptors (Lipinski definition) is 9. The number of aliphatic hydroxyl groups is 1. The highest BCUT2D eigenvalue weighted by molar-refractivity contribution is 5.95. The predicted molar refractivity (Wildman–Crippen MR) is 166 cm³/mol. The molecule has 0 saturated carbocycles. The fraction of sp³-hybridized carbons (Fsp3) is 0.471. The second kappa shape index (κ2) is 16.6. The summed E-state index contributed by atoms with van der Waals surface area (Å²) in [6, 6.07) is 15.2. The van der Waals surface area contributed by atoms with Crippen molar-refractivity contribution in [2.75, 3.05) is 65.9 Å². The first-order chi connectivity index (χ1) is 22.0. The minimum absolute atomic E-state index is 0.0349. The van der Waals surface area contributed by atoms with E-state index < -0.39 is 6.29 Å². The highest BCUT2D eigenvalue weighted by Gasteiger charge is 2.32. The molecule has 3 aromatic rings. The molecule has 1 N–H and O–H groups in total. The second-order valence-electron chi connectivity index (χ2n) is 10.9. The average Bonchev–Trinajstić information content (AvgIpc) is 3.46. The molecule has 0 aliphatic carbocycles. The highest BCUT2D eigenvalue weighted by Crippen LogP contribution is 2.37. The van der Waals surface area contributed by atoms with E-state index in [1.165, 1.54) is 6.92 Å². The van der Waals surface area contributed by atoms with Crippen LogP contribution >= 0.6 is 0 Å². The van der Waals surface area contributed by atoms with Crippen LogP contribution in [-0.2, 0) is 46.4 Å². The molecule has 1 amide bonds. The van der Waals surface area contributed by atoms with Crippen molar-refractivity contribution in [3.8, 4) is 0 Å². The summed E-state index contributed by atoms with van der Waals surface area (Å²) in [5, 5.41) is 10.3. The lowest BCUT2D eigenvalue weighted by atomic mass is 9.92. The molecule has 2 atom stereocenters. The molecular weight excluding hydrogens is 580 g/mol. The number of rotatable bonds is 6. The van der Waals surface area contributed by atoms with E-state index in [0.29, 0.717) is 72.4 Å². The van der Waals surface area contributed by atoms with Gasteiger partial charge in [0.05, 0.1) is 71.6 Å². The number of hydrogen-bond donors (Lipinski definition) is 1. The van der Waals surface area contributed by atoms with E-state index in [0.717, 1.165) is 27.6 Å². The number of nitrogens with zero attached hydrogens (tertiary/aromatic N) is 2. The van der Waals surface area contributed by atoms with Crippen molar-refractivity contribution >= 4 is 22.7 Å². The summed E-state index contributed by atoms with van der Waals surface area (Å²) in [6.07, 6.45) is 3.41. The van der Waals surface area contributed by atoms with Crippen LogP contribution in [0.4, 0.5) is 0 Å². The summed E-state index contributed by atoms with van der Waals surface area (Å²) < 4.78 is 36.6. The molecule has 2 aliphatic heterocycles. The number of carbonyl (C=O) groups excluding carboxylic acids is 2. The summed E-state index contributed by atoms with van der Waals surface area (Å²) in [5.74, 6) is -0.465. The molecule has 0 bridgehead atoms. The van der Waals surface area contributed by atoms with Crippen LogP contribution in [0.15, 0.2) is 66.6 Å². The van der Waals surface area contributed by atoms with E-state index in [-0.39, 0.29) is 36.7 Å². The predicted octanol–water partition coefficient (Wildman–Crippen LogP) is 3.63. The van der Waals surface area contributed by atoms with Crippen molar-refractivity contribution in [3.63, 3.8) is 0 Å². The molecule has 0 spiro atoms. The van der Waals surface area contributed by atoms with Crippen LogP contribution in [0.25, 0.3) is 10.9 Å². The number of ether oxygens (including phenoxy) is 6. The Kier molecular flexibility index (Phi) is 12.1. The van der Waals surface area contributed by atoms with Crippen molar-refractivity contribution in [2.24, 2.45) is 0 Å². The van der Waals surface area contributed by atoms with Crippen LogP contribution in [0, 0.1) is 0 Å². The Morgan fingerprint density at radius 1 is 0.844 bits per heavy atom. The van der Waals surface area contributed by atoms with Crippen molar-refractivity contribution in [3.05, 3.63) is 83.3 Å². The van der Waals surface area contributed by atoms with Crippen LogP contribution in [0.5, 0.6) is 0 Å². The molecule has 45 heavy (non-hydrogen) atoms. The van der Waals surface area contributed by atoms with Gasteiger partial charge in [0.15, 0.2) is 5.76 Å². The van der Waals surface area contributed by atoms with Gasteiger partial charge in [0.2, 0.25) is 12.2 Å². The standard InChI is InChI=1S/C34H42N2O9/c1-25(38)36-22-30(29-4-2-3-5-31(29)36)28-20-32(45-33(21-28)44-24-27-8-6-26(23-37)7-9-27)34(39)35-10-12-40-14-16-42-18-19-43-17-15-41-13-11-35/h2-9,20,22,28,33,37H,10-19,21,23-24H2,1H3/t28-,33+/m0/s1. The molecule has 2 aliphatic rings. The third kappa shape index (κ3) is 9.00. The smallest absolute Gasteiger partial charge is 0.288 e. The first kappa shape index (κ1) is 32.8. The summed E-state index contributed by atoms with van der Waals surface area (Å²) in [6.45, 7) is 5.80. The Bertz CT molecular complexity index is 1420. The zero-order valence-corrected chi connectivity index (χ0v) is 25.7. The molecule has 1 fully saturated rings.